The van der Waals surface area contributed by atoms with Crippen molar-refractivity contribution >= 4 is 27.4 Å². The molecule has 0 bridgehead atoms. The number of carbonyl (C=O) groups excluding carboxylic acids is 1. The highest BCUT2D eigenvalue weighted by Gasteiger charge is 2.67. The topological polar surface area (TPSA) is 43.1 Å². The number of halogens is 1. The Morgan fingerprint density at radius 1 is 1.24 bits per heavy atom. The van der Waals surface area contributed by atoms with E-state index in [9.17, 15) is 4.79 Å². The van der Waals surface area contributed by atoms with Gasteiger partial charge in [0.15, 0.2) is 5.78 Å². The van der Waals surface area contributed by atoms with Crippen LogP contribution in [0.2, 0.25) is 0 Å². The average molecular weight is 296 g/mol. The van der Waals surface area contributed by atoms with Crippen molar-refractivity contribution in [3.63, 3.8) is 0 Å². The number of ketones is 1. The molecule has 1 aromatic rings. The second-order valence-electron chi connectivity index (χ2n) is 5.98. The molecule has 0 unspecified atom stereocenters. The van der Waals surface area contributed by atoms with Gasteiger partial charge in [-0.2, -0.15) is 0 Å². The second kappa shape index (κ2) is 3.58. The third kappa shape index (κ3) is 1.71. The van der Waals surface area contributed by atoms with Gasteiger partial charge in [-0.15, -0.1) is 0 Å². The van der Waals surface area contributed by atoms with Crippen molar-refractivity contribution < 1.29 is 4.79 Å². The fourth-order valence-corrected chi connectivity index (χ4v) is 3.08. The van der Waals surface area contributed by atoms with Gasteiger partial charge in [0.1, 0.15) is 0 Å². The Bertz CT molecular complexity index is 477. The summed E-state index contributed by atoms with van der Waals surface area (Å²) in [6.45, 7) is 8.62. The van der Waals surface area contributed by atoms with Crippen LogP contribution in [0.15, 0.2) is 22.7 Å². The molecule has 2 rings (SSSR count). The Labute approximate surface area is 111 Å². The van der Waals surface area contributed by atoms with Crippen LogP contribution in [0.5, 0.6) is 0 Å². The van der Waals surface area contributed by atoms with Crippen LogP contribution in [-0.4, -0.2) is 5.78 Å². The monoisotopic (exact) mass is 295 g/mol. The maximum atomic E-state index is 12.4. The van der Waals surface area contributed by atoms with Crippen molar-refractivity contribution in [2.24, 2.45) is 16.7 Å². The van der Waals surface area contributed by atoms with Crippen molar-refractivity contribution in [2.45, 2.75) is 27.7 Å². The molecule has 17 heavy (non-hydrogen) atoms. The Balaban J connectivity index is 2.31. The van der Waals surface area contributed by atoms with Crippen LogP contribution < -0.4 is 5.73 Å². The van der Waals surface area contributed by atoms with E-state index in [-0.39, 0.29) is 22.5 Å². The molecule has 2 nitrogen and oxygen atoms in total. The van der Waals surface area contributed by atoms with Crippen LogP contribution in [-0.2, 0) is 0 Å². The van der Waals surface area contributed by atoms with E-state index in [0.717, 1.165) is 10.0 Å². The molecule has 1 aliphatic rings. The zero-order valence-corrected chi connectivity index (χ0v) is 12.3. The van der Waals surface area contributed by atoms with Crippen LogP contribution in [0.1, 0.15) is 38.1 Å². The summed E-state index contributed by atoms with van der Waals surface area (Å²) in [6.07, 6.45) is 0. The molecule has 1 saturated carbocycles. The fourth-order valence-electron chi connectivity index (χ4n) is 2.70. The molecule has 92 valence electrons. The fraction of sp³-hybridized carbons (Fsp3) is 0.500. The number of anilines is 1. The molecule has 0 radical (unpaired) electrons. The molecule has 2 N–H and O–H groups in total. The number of rotatable bonds is 2. The van der Waals surface area contributed by atoms with E-state index < -0.39 is 0 Å². The molecule has 1 aromatic carbocycles. The molecule has 1 fully saturated rings. The van der Waals surface area contributed by atoms with E-state index in [1.54, 1.807) is 6.07 Å². The third-order valence-corrected chi connectivity index (χ3v) is 5.25. The van der Waals surface area contributed by atoms with Gasteiger partial charge in [0.25, 0.3) is 0 Å². The van der Waals surface area contributed by atoms with Crippen molar-refractivity contribution in [3.8, 4) is 0 Å². The highest BCUT2D eigenvalue weighted by molar-refractivity contribution is 9.10. The predicted molar refractivity (Wildman–Crippen MR) is 73.9 cm³/mol. The van der Waals surface area contributed by atoms with Gasteiger partial charge >= 0.3 is 0 Å². The predicted octanol–water partition coefficient (Wildman–Crippen LogP) is 3.90. The lowest BCUT2D eigenvalue weighted by Crippen LogP contribution is -2.07. The van der Waals surface area contributed by atoms with E-state index in [1.807, 2.05) is 12.1 Å². The van der Waals surface area contributed by atoms with E-state index >= 15 is 0 Å². The Hall–Kier alpha value is -0.830. The highest BCUT2D eigenvalue weighted by Crippen LogP contribution is 2.69. The van der Waals surface area contributed by atoms with Gasteiger partial charge in [0.05, 0.1) is 0 Å². The molecule has 0 heterocycles. The SMILES string of the molecule is CC1(C)C(C(=O)c2ccc(N)c(Br)c2)C1(C)C. The molecule has 0 aliphatic heterocycles. The number of carbonyl (C=O) groups is 1. The number of hydrogen-bond donors (Lipinski definition) is 1. The molecule has 3 heteroatoms. The van der Waals surface area contributed by atoms with Crippen LogP contribution in [0.3, 0.4) is 0 Å². The van der Waals surface area contributed by atoms with Gasteiger partial charge in [0.2, 0.25) is 0 Å². The summed E-state index contributed by atoms with van der Waals surface area (Å²) in [5.41, 5.74) is 7.30. The van der Waals surface area contributed by atoms with Crippen LogP contribution >= 0.6 is 15.9 Å². The van der Waals surface area contributed by atoms with Gasteiger partial charge < -0.3 is 5.73 Å². The highest BCUT2D eigenvalue weighted by atomic mass is 79.9. The first-order valence-electron chi connectivity index (χ1n) is 5.79. The van der Waals surface area contributed by atoms with E-state index in [4.69, 9.17) is 5.73 Å². The van der Waals surface area contributed by atoms with E-state index in [2.05, 4.69) is 43.6 Å². The molecular weight excluding hydrogens is 278 g/mol. The van der Waals surface area contributed by atoms with Gasteiger partial charge in [-0.05, 0) is 45.0 Å². The number of nitrogens with two attached hydrogens (primary N) is 1. The largest absolute Gasteiger partial charge is 0.398 e. The minimum Gasteiger partial charge on any atom is -0.398 e. The third-order valence-electron chi connectivity index (χ3n) is 4.57. The quantitative estimate of drug-likeness (QED) is 0.664. The van der Waals surface area contributed by atoms with Crippen LogP contribution in [0.25, 0.3) is 0 Å². The number of nitrogen functional groups attached to an aromatic ring is 1. The van der Waals surface area contributed by atoms with E-state index in [0.29, 0.717) is 5.69 Å². The molecule has 1 aliphatic carbocycles. The summed E-state index contributed by atoms with van der Waals surface area (Å²) in [7, 11) is 0. The summed E-state index contributed by atoms with van der Waals surface area (Å²) < 4.78 is 0.791. The lowest BCUT2D eigenvalue weighted by molar-refractivity contribution is 0.0945. The molecule has 0 aromatic heterocycles. The van der Waals surface area contributed by atoms with Gasteiger partial charge in [-0.25, -0.2) is 0 Å². The Kier molecular flexibility index (Phi) is 2.66. The number of hydrogen-bond acceptors (Lipinski definition) is 2. The average Bonchev–Trinajstić information content (AvgIpc) is 2.61. The zero-order chi connectivity index (χ0) is 13.0. The minimum atomic E-state index is 0.0813. The standard InChI is InChI=1S/C14H18BrNO/c1-13(2)12(14(13,3)4)11(17)8-5-6-10(16)9(15)7-8/h5-7,12H,16H2,1-4H3. The number of benzene rings is 1. The van der Waals surface area contributed by atoms with Crippen LogP contribution in [0.4, 0.5) is 5.69 Å². The van der Waals surface area contributed by atoms with Crippen molar-refractivity contribution in [2.75, 3.05) is 5.73 Å². The second-order valence-corrected chi connectivity index (χ2v) is 6.83. The molecular formula is C14H18BrNO. The summed E-state index contributed by atoms with van der Waals surface area (Å²) in [4.78, 5) is 12.4. The summed E-state index contributed by atoms with van der Waals surface area (Å²) in [5, 5.41) is 0. The number of Topliss-reactive ketones (excluding diaryl/α,β-unsaturated/α-hetero) is 1. The van der Waals surface area contributed by atoms with Crippen molar-refractivity contribution in [1.29, 1.82) is 0 Å². The summed E-state index contributed by atoms with van der Waals surface area (Å²) >= 11 is 3.36. The smallest absolute Gasteiger partial charge is 0.167 e. The Morgan fingerprint density at radius 2 is 1.76 bits per heavy atom. The Morgan fingerprint density at radius 3 is 2.18 bits per heavy atom. The normalized spacial score (nSPS) is 21.2. The van der Waals surface area contributed by atoms with Gasteiger partial charge in [-0.1, -0.05) is 27.7 Å². The van der Waals surface area contributed by atoms with Crippen molar-refractivity contribution in [3.05, 3.63) is 28.2 Å². The first-order valence-corrected chi connectivity index (χ1v) is 6.58. The summed E-state index contributed by atoms with van der Waals surface area (Å²) in [5.74, 6) is 0.325. The molecule has 0 amide bonds. The molecule has 0 atom stereocenters. The van der Waals surface area contributed by atoms with Crippen molar-refractivity contribution in [1.82, 2.24) is 0 Å². The van der Waals surface area contributed by atoms with E-state index in [1.165, 1.54) is 0 Å². The first-order chi connectivity index (χ1) is 7.69. The maximum absolute atomic E-state index is 12.4. The minimum absolute atomic E-state index is 0.0813. The summed E-state index contributed by atoms with van der Waals surface area (Å²) in [6, 6.07) is 5.41. The van der Waals surface area contributed by atoms with Crippen LogP contribution in [0, 0.1) is 16.7 Å². The maximum Gasteiger partial charge on any atom is 0.167 e. The first kappa shape index (κ1) is 12.6. The van der Waals surface area contributed by atoms with Gasteiger partial charge in [-0.3, -0.25) is 4.79 Å². The molecule has 0 spiro atoms. The molecule has 0 saturated heterocycles. The lowest BCUT2D eigenvalue weighted by Gasteiger charge is -2.05. The van der Waals surface area contributed by atoms with Gasteiger partial charge in [0, 0.05) is 21.6 Å². The zero-order valence-electron chi connectivity index (χ0n) is 10.7. The lowest BCUT2D eigenvalue weighted by atomic mass is 10.0.